The van der Waals surface area contributed by atoms with Gasteiger partial charge in [-0.2, -0.15) is 5.26 Å². The van der Waals surface area contributed by atoms with E-state index >= 15 is 4.39 Å². The van der Waals surface area contributed by atoms with Crippen molar-refractivity contribution in [3.8, 4) is 6.07 Å². The number of rotatable bonds is 4. The van der Waals surface area contributed by atoms with E-state index in [1.54, 1.807) is 26.8 Å². The van der Waals surface area contributed by atoms with Gasteiger partial charge in [-0.15, -0.1) is 0 Å². The highest BCUT2D eigenvalue weighted by Gasteiger charge is 2.50. The molecule has 4 N–H and O–H groups in total. The summed E-state index contributed by atoms with van der Waals surface area (Å²) < 4.78 is 29.1. The molecule has 176 valence electrons. The number of nitrogens with one attached hydrogen (secondary N) is 1. The maximum Gasteiger partial charge on any atom is 0.164 e. The Morgan fingerprint density at radius 1 is 1.21 bits per heavy atom. The Balaban J connectivity index is 1.79. The summed E-state index contributed by atoms with van der Waals surface area (Å²) in [6, 6.07) is 6.02. The topological polar surface area (TPSA) is 133 Å². The second kappa shape index (κ2) is 8.14. The van der Waals surface area contributed by atoms with Gasteiger partial charge in [-0.3, -0.25) is 4.99 Å². The number of aromatic nitrogens is 3. The molecule has 3 aromatic rings. The number of pyridine rings is 1. The average Bonchev–Trinajstić information content (AvgIpc) is 2.74. The first kappa shape index (κ1) is 23.8. The number of hydrogen-bond donors (Lipinski definition) is 3. The van der Waals surface area contributed by atoms with Crippen LogP contribution < -0.4 is 11.1 Å². The highest BCUT2D eigenvalue weighted by atomic mass is 32.2. The van der Waals surface area contributed by atoms with E-state index < -0.39 is 27.5 Å². The Bertz CT molecular complexity index is 1370. The van der Waals surface area contributed by atoms with Gasteiger partial charge in [0.15, 0.2) is 22.6 Å². The molecule has 2 aromatic heterocycles. The van der Waals surface area contributed by atoms with Gasteiger partial charge in [-0.05, 0) is 46.2 Å². The number of aliphatic hydroxyl groups is 1. The molecule has 34 heavy (non-hydrogen) atoms. The number of anilines is 2. The van der Waals surface area contributed by atoms with Gasteiger partial charge in [0.2, 0.25) is 0 Å². The first-order valence-electron chi connectivity index (χ1n) is 10.4. The number of nitrogens with two attached hydrogens (primary N) is 1. The molecule has 1 aromatic carbocycles. The summed E-state index contributed by atoms with van der Waals surface area (Å²) in [5, 5.41) is 23.0. The van der Waals surface area contributed by atoms with Crippen LogP contribution >= 0.6 is 11.8 Å². The minimum absolute atomic E-state index is 0.00758. The van der Waals surface area contributed by atoms with Crippen LogP contribution in [0.2, 0.25) is 0 Å². The van der Waals surface area contributed by atoms with E-state index in [4.69, 9.17) is 11.0 Å². The predicted molar refractivity (Wildman–Crippen MR) is 128 cm³/mol. The van der Waals surface area contributed by atoms with Crippen LogP contribution in [0.1, 0.15) is 45.2 Å². The van der Waals surface area contributed by atoms with E-state index in [0.29, 0.717) is 16.6 Å². The fraction of sp³-hybridized carbons (Fsp3) is 0.348. The highest BCUT2D eigenvalue weighted by molar-refractivity contribution is 8.15. The number of amidine groups is 1. The van der Waals surface area contributed by atoms with Gasteiger partial charge in [0.05, 0.1) is 27.0 Å². The van der Waals surface area contributed by atoms with Gasteiger partial charge < -0.3 is 16.2 Å². The van der Waals surface area contributed by atoms with Crippen molar-refractivity contribution in [2.24, 2.45) is 10.7 Å². The van der Waals surface area contributed by atoms with Crippen molar-refractivity contribution in [3.05, 3.63) is 53.5 Å². The molecule has 0 fully saturated rings. The standard InChI is InChI=1S/C23H23F2N7OS/c1-21(2,33)23(4)10-22(3,32-20(27)34-23)14-6-13(7-15(24)17(14)25)31-19-18-16(29-11-30-19)5-12(8-26)9-28-18/h5-7,9,11,33H,10H2,1-4H3,(H2,27,32)(H,29,30,31)/t22-,23+/m0/s1. The van der Waals surface area contributed by atoms with Crippen LogP contribution in [-0.2, 0) is 5.54 Å². The van der Waals surface area contributed by atoms with Crippen molar-refractivity contribution in [1.29, 1.82) is 5.26 Å². The van der Waals surface area contributed by atoms with Crippen molar-refractivity contribution in [3.63, 3.8) is 0 Å². The Morgan fingerprint density at radius 2 is 1.94 bits per heavy atom. The molecule has 0 bridgehead atoms. The van der Waals surface area contributed by atoms with Crippen LogP contribution in [-0.4, -0.2) is 35.6 Å². The molecule has 0 saturated heterocycles. The van der Waals surface area contributed by atoms with Gasteiger partial charge in [0.1, 0.15) is 17.9 Å². The summed E-state index contributed by atoms with van der Waals surface area (Å²) in [7, 11) is 0. The zero-order valence-electron chi connectivity index (χ0n) is 19.0. The van der Waals surface area contributed by atoms with Gasteiger partial charge in [0, 0.05) is 23.5 Å². The van der Waals surface area contributed by atoms with Crippen molar-refractivity contribution >= 4 is 39.5 Å². The Kier molecular flexibility index (Phi) is 5.70. The minimum atomic E-state index is -1.24. The molecule has 1 aliphatic rings. The molecule has 2 atom stereocenters. The molecule has 0 amide bonds. The molecular weight excluding hydrogens is 460 g/mol. The first-order valence-corrected chi connectivity index (χ1v) is 11.2. The van der Waals surface area contributed by atoms with Crippen molar-refractivity contribution in [2.75, 3.05) is 5.32 Å². The third-order valence-corrected chi connectivity index (χ3v) is 7.53. The number of thioether (sulfide) groups is 1. The molecular formula is C23H23F2N7OS. The van der Waals surface area contributed by atoms with Crippen LogP contribution in [0.15, 0.2) is 35.7 Å². The Morgan fingerprint density at radius 3 is 2.62 bits per heavy atom. The maximum absolute atomic E-state index is 15.1. The average molecular weight is 484 g/mol. The van der Waals surface area contributed by atoms with Crippen LogP contribution in [0, 0.1) is 23.0 Å². The summed E-state index contributed by atoms with van der Waals surface area (Å²) in [5.74, 6) is -1.85. The summed E-state index contributed by atoms with van der Waals surface area (Å²) in [5.41, 5.74) is 5.01. The second-order valence-electron chi connectivity index (χ2n) is 9.16. The van der Waals surface area contributed by atoms with Crippen LogP contribution in [0.3, 0.4) is 0 Å². The SMILES string of the molecule is CC(C)(O)[C@@]1(C)C[C@@](C)(c2cc(Nc3ncnc4cc(C#N)cnc34)cc(F)c2F)N=C(N)S1. The third kappa shape index (κ3) is 4.15. The quantitative estimate of drug-likeness (QED) is 0.505. The van der Waals surface area contributed by atoms with Gasteiger partial charge in [0.25, 0.3) is 0 Å². The zero-order chi connectivity index (χ0) is 24.9. The van der Waals surface area contributed by atoms with Gasteiger partial charge in [-0.25, -0.2) is 23.7 Å². The summed E-state index contributed by atoms with van der Waals surface area (Å²) in [4.78, 5) is 17.0. The minimum Gasteiger partial charge on any atom is -0.389 e. The number of hydrogen-bond acceptors (Lipinski definition) is 9. The van der Waals surface area contributed by atoms with E-state index in [1.165, 1.54) is 30.4 Å². The fourth-order valence-corrected chi connectivity index (χ4v) is 5.32. The lowest BCUT2D eigenvalue weighted by Crippen LogP contribution is -2.52. The molecule has 0 saturated carbocycles. The molecule has 8 nitrogen and oxygen atoms in total. The van der Waals surface area contributed by atoms with E-state index in [9.17, 15) is 9.50 Å². The molecule has 0 spiro atoms. The van der Waals surface area contributed by atoms with E-state index in [1.807, 2.05) is 13.0 Å². The van der Waals surface area contributed by atoms with Gasteiger partial charge >= 0.3 is 0 Å². The highest BCUT2D eigenvalue weighted by Crippen LogP contribution is 2.51. The number of benzene rings is 1. The molecule has 11 heteroatoms. The molecule has 0 radical (unpaired) electrons. The monoisotopic (exact) mass is 483 g/mol. The van der Waals surface area contributed by atoms with Crippen LogP contribution in [0.5, 0.6) is 0 Å². The van der Waals surface area contributed by atoms with Crippen LogP contribution in [0.4, 0.5) is 20.3 Å². The van der Waals surface area contributed by atoms with Crippen molar-refractivity contribution in [2.45, 2.75) is 50.0 Å². The molecule has 3 heterocycles. The Hall–Kier alpha value is -3.36. The lowest BCUT2D eigenvalue weighted by atomic mass is 9.77. The number of aliphatic imine (C=N–C) groups is 1. The lowest BCUT2D eigenvalue weighted by molar-refractivity contribution is 0.0307. The van der Waals surface area contributed by atoms with Crippen LogP contribution in [0.25, 0.3) is 11.0 Å². The maximum atomic E-state index is 15.1. The predicted octanol–water partition coefficient (Wildman–Crippen LogP) is 4.11. The van der Waals surface area contributed by atoms with Crippen molar-refractivity contribution in [1.82, 2.24) is 15.0 Å². The molecule has 0 aliphatic carbocycles. The molecule has 1 aliphatic heterocycles. The van der Waals surface area contributed by atoms with Gasteiger partial charge in [-0.1, -0.05) is 11.8 Å². The second-order valence-corrected chi connectivity index (χ2v) is 10.7. The molecule has 0 unspecified atom stereocenters. The summed E-state index contributed by atoms with van der Waals surface area (Å²) in [6.07, 6.45) is 2.88. The fourth-order valence-electron chi connectivity index (χ4n) is 4.01. The smallest absolute Gasteiger partial charge is 0.164 e. The van der Waals surface area contributed by atoms with E-state index in [0.717, 1.165) is 6.07 Å². The zero-order valence-corrected chi connectivity index (χ0v) is 19.8. The number of halogens is 2. The number of nitriles is 1. The summed E-state index contributed by atoms with van der Waals surface area (Å²) >= 11 is 1.21. The lowest BCUT2D eigenvalue weighted by Gasteiger charge is -2.47. The summed E-state index contributed by atoms with van der Waals surface area (Å²) in [6.45, 7) is 6.79. The first-order chi connectivity index (χ1) is 15.8. The van der Waals surface area contributed by atoms with E-state index in [2.05, 4.69) is 25.3 Å². The van der Waals surface area contributed by atoms with Crippen molar-refractivity contribution < 1.29 is 13.9 Å². The molecule has 4 rings (SSSR count). The number of nitrogens with zero attached hydrogens (tertiary/aromatic N) is 5. The normalized spacial score (nSPS) is 22.8. The Labute approximate surface area is 199 Å². The largest absolute Gasteiger partial charge is 0.389 e. The van der Waals surface area contributed by atoms with E-state index in [-0.39, 0.29) is 28.7 Å². The third-order valence-electron chi connectivity index (χ3n) is 6.14. The number of fused-ring (bicyclic) bond motifs is 1.